The molecule has 0 atom stereocenters. The maximum Gasteiger partial charge on any atom is 0.416 e. The summed E-state index contributed by atoms with van der Waals surface area (Å²) in [6.45, 7) is 0. The number of rotatable bonds is 5. The van der Waals surface area contributed by atoms with E-state index in [2.05, 4.69) is 25.5 Å². The SMILES string of the molecule is COc1ccc(Nc2nc(-c3cccc(C(F)(F)F)c3)nc3cn[nH]c23)cc1OC. The Balaban J connectivity index is 1.78. The van der Waals surface area contributed by atoms with Crippen molar-refractivity contribution in [1.82, 2.24) is 20.2 Å². The minimum absolute atomic E-state index is 0.137. The van der Waals surface area contributed by atoms with Crippen molar-refractivity contribution in [2.24, 2.45) is 0 Å². The van der Waals surface area contributed by atoms with Crippen LogP contribution in [0.15, 0.2) is 48.7 Å². The lowest BCUT2D eigenvalue weighted by Crippen LogP contribution is -2.05. The molecule has 0 radical (unpaired) electrons. The van der Waals surface area contributed by atoms with Crippen molar-refractivity contribution in [1.29, 1.82) is 0 Å². The fraction of sp³-hybridized carbons (Fsp3) is 0.150. The summed E-state index contributed by atoms with van der Waals surface area (Å²) in [4.78, 5) is 8.76. The number of hydrogen-bond donors (Lipinski definition) is 2. The quantitative estimate of drug-likeness (QED) is 0.487. The molecule has 0 saturated carbocycles. The molecule has 2 N–H and O–H groups in total. The molecule has 0 amide bonds. The molecule has 7 nitrogen and oxygen atoms in total. The molecule has 10 heteroatoms. The summed E-state index contributed by atoms with van der Waals surface area (Å²) in [6.07, 6.45) is -2.98. The number of benzene rings is 2. The largest absolute Gasteiger partial charge is 0.493 e. The summed E-state index contributed by atoms with van der Waals surface area (Å²) < 4.78 is 49.8. The normalized spacial score (nSPS) is 11.5. The Morgan fingerprint density at radius 2 is 1.77 bits per heavy atom. The smallest absolute Gasteiger partial charge is 0.416 e. The molecule has 0 fully saturated rings. The highest BCUT2D eigenvalue weighted by atomic mass is 19.4. The topological polar surface area (TPSA) is 85.0 Å². The highest BCUT2D eigenvalue weighted by Gasteiger charge is 2.30. The lowest BCUT2D eigenvalue weighted by Gasteiger charge is -2.12. The standard InChI is InChI=1S/C20H16F3N5O2/c1-29-15-7-6-13(9-16(15)30-2)25-19-17-14(10-24-28-17)26-18(27-19)11-4-3-5-12(8-11)20(21,22)23/h3-10H,1-2H3,(H,24,28)(H,25,26,27). The van der Waals surface area contributed by atoms with Gasteiger partial charge < -0.3 is 14.8 Å². The molecular formula is C20H16F3N5O2. The first-order valence-electron chi connectivity index (χ1n) is 8.77. The zero-order valence-electron chi connectivity index (χ0n) is 15.9. The van der Waals surface area contributed by atoms with E-state index in [9.17, 15) is 13.2 Å². The highest BCUT2D eigenvalue weighted by Crippen LogP contribution is 2.34. The van der Waals surface area contributed by atoms with Gasteiger partial charge in [-0.1, -0.05) is 12.1 Å². The van der Waals surface area contributed by atoms with Crippen molar-refractivity contribution in [3.05, 3.63) is 54.2 Å². The Morgan fingerprint density at radius 3 is 2.50 bits per heavy atom. The molecule has 2 aromatic carbocycles. The monoisotopic (exact) mass is 415 g/mol. The molecule has 2 heterocycles. The van der Waals surface area contributed by atoms with E-state index in [-0.39, 0.29) is 11.4 Å². The van der Waals surface area contributed by atoms with Crippen LogP contribution in [0, 0.1) is 0 Å². The van der Waals surface area contributed by atoms with Crippen LogP contribution in [0.3, 0.4) is 0 Å². The van der Waals surface area contributed by atoms with Gasteiger partial charge in [-0.3, -0.25) is 5.10 Å². The van der Waals surface area contributed by atoms with E-state index < -0.39 is 11.7 Å². The summed E-state index contributed by atoms with van der Waals surface area (Å²) in [5.41, 5.74) is 1.08. The average molecular weight is 415 g/mol. The summed E-state index contributed by atoms with van der Waals surface area (Å²) in [5.74, 6) is 1.56. The molecule has 0 unspecified atom stereocenters. The van der Waals surface area contributed by atoms with Gasteiger partial charge in [0.05, 0.1) is 26.0 Å². The summed E-state index contributed by atoms with van der Waals surface area (Å²) in [7, 11) is 3.05. The Morgan fingerprint density at radius 1 is 0.967 bits per heavy atom. The Labute approximate surface area is 168 Å². The van der Waals surface area contributed by atoms with Crippen molar-refractivity contribution >= 4 is 22.5 Å². The zero-order chi connectivity index (χ0) is 21.3. The number of nitrogens with one attached hydrogen (secondary N) is 2. The second-order valence-electron chi connectivity index (χ2n) is 6.30. The molecule has 0 aliphatic carbocycles. The van der Waals surface area contributed by atoms with Crippen LogP contribution in [0.2, 0.25) is 0 Å². The van der Waals surface area contributed by atoms with Gasteiger partial charge in [0.25, 0.3) is 0 Å². The Hall–Kier alpha value is -3.82. The number of fused-ring (bicyclic) bond motifs is 1. The number of halogens is 3. The summed E-state index contributed by atoms with van der Waals surface area (Å²) >= 11 is 0. The van der Waals surface area contributed by atoms with E-state index in [0.29, 0.717) is 34.0 Å². The number of ether oxygens (including phenoxy) is 2. The molecular weight excluding hydrogens is 399 g/mol. The lowest BCUT2D eigenvalue weighted by atomic mass is 10.1. The van der Waals surface area contributed by atoms with E-state index in [1.807, 2.05) is 0 Å². The van der Waals surface area contributed by atoms with Gasteiger partial charge in [-0.25, -0.2) is 9.97 Å². The average Bonchev–Trinajstić information content (AvgIpc) is 3.22. The number of anilines is 2. The number of H-pyrrole nitrogens is 1. The third-order valence-electron chi connectivity index (χ3n) is 4.39. The Bertz CT molecular complexity index is 1210. The van der Waals surface area contributed by atoms with Crippen LogP contribution < -0.4 is 14.8 Å². The van der Waals surface area contributed by atoms with Crippen molar-refractivity contribution in [3.63, 3.8) is 0 Å². The van der Waals surface area contributed by atoms with Crippen molar-refractivity contribution in [2.45, 2.75) is 6.18 Å². The molecule has 2 aromatic heterocycles. The second kappa shape index (κ2) is 7.54. The molecule has 0 aliphatic heterocycles. The lowest BCUT2D eigenvalue weighted by molar-refractivity contribution is -0.137. The molecule has 154 valence electrons. The number of alkyl halides is 3. The van der Waals surface area contributed by atoms with E-state index in [4.69, 9.17) is 9.47 Å². The van der Waals surface area contributed by atoms with Crippen molar-refractivity contribution in [3.8, 4) is 22.9 Å². The zero-order valence-corrected chi connectivity index (χ0v) is 15.9. The number of aromatic nitrogens is 4. The predicted octanol–water partition coefficient (Wildman–Crippen LogP) is 4.80. The first-order chi connectivity index (χ1) is 14.4. The van der Waals surface area contributed by atoms with Gasteiger partial charge in [-0.05, 0) is 24.3 Å². The van der Waals surface area contributed by atoms with Gasteiger partial charge in [-0.2, -0.15) is 18.3 Å². The van der Waals surface area contributed by atoms with Crippen LogP contribution >= 0.6 is 0 Å². The van der Waals surface area contributed by atoms with Gasteiger partial charge in [0.1, 0.15) is 11.0 Å². The fourth-order valence-electron chi connectivity index (χ4n) is 2.94. The van der Waals surface area contributed by atoms with E-state index >= 15 is 0 Å². The van der Waals surface area contributed by atoms with Crippen LogP contribution in [-0.4, -0.2) is 34.4 Å². The molecule has 0 aliphatic rings. The van der Waals surface area contributed by atoms with Crippen LogP contribution in [-0.2, 0) is 6.18 Å². The van der Waals surface area contributed by atoms with Crippen LogP contribution in [0.4, 0.5) is 24.7 Å². The van der Waals surface area contributed by atoms with Crippen molar-refractivity contribution in [2.75, 3.05) is 19.5 Å². The van der Waals surface area contributed by atoms with Crippen molar-refractivity contribution < 1.29 is 22.6 Å². The highest BCUT2D eigenvalue weighted by molar-refractivity contribution is 5.88. The number of methoxy groups -OCH3 is 2. The number of nitrogens with zero attached hydrogens (tertiary/aromatic N) is 3. The third-order valence-corrected chi connectivity index (χ3v) is 4.39. The van der Waals surface area contributed by atoms with E-state index in [0.717, 1.165) is 12.1 Å². The first-order valence-corrected chi connectivity index (χ1v) is 8.77. The van der Waals surface area contributed by atoms with E-state index in [1.165, 1.54) is 32.5 Å². The van der Waals surface area contributed by atoms with Crippen LogP contribution in [0.25, 0.3) is 22.4 Å². The molecule has 30 heavy (non-hydrogen) atoms. The number of aromatic amines is 1. The first kappa shape index (κ1) is 19.5. The van der Waals surface area contributed by atoms with Gasteiger partial charge in [0, 0.05) is 17.3 Å². The van der Waals surface area contributed by atoms with Crippen LogP contribution in [0.1, 0.15) is 5.56 Å². The maximum atomic E-state index is 13.1. The fourth-order valence-corrected chi connectivity index (χ4v) is 2.94. The molecule has 4 rings (SSSR count). The molecule has 0 spiro atoms. The second-order valence-corrected chi connectivity index (χ2v) is 6.30. The molecule has 0 saturated heterocycles. The maximum absolute atomic E-state index is 13.1. The number of hydrogen-bond acceptors (Lipinski definition) is 6. The van der Waals surface area contributed by atoms with Crippen LogP contribution in [0.5, 0.6) is 11.5 Å². The minimum atomic E-state index is -4.46. The van der Waals surface area contributed by atoms with Gasteiger partial charge in [0.2, 0.25) is 0 Å². The summed E-state index contributed by atoms with van der Waals surface area (Å²) in [5, 5.41) is 9.90. The minimum Gasteiger partial charge on any atom is -0.493 e. The molecule has 4 aromatic rings. The summed E-state index contributed by atoms with van der Waals surface area (Å²) in [6, 6.07) is 10.1. The molecule has 0 bridgehead atoms. The Kier molecular flexibility index (Phi) is 4.90. The van der Waals surface area contributed by atoms with Gasteiger partial charge in [-0.15, -0.1) is 0 Å². The predicted molar refractivity (Wildman–Crippen MR) is 105 cm³/mol. The van der Waals surface area contributed by atoms with Gasteiger partial charge in [0.15, 0.2) is 23.1 Å². The van der Waals surface area contributed by atoms with E-state index in [1.54, 1.807) is 18.2 Å². The third kappa shape index (κ3) is 3.71. The van der Waals surface area contributed by atoms with Gasteiger partial charge >= 0.3 is 6.18 Å².